The second-order valence-electron chi connectivity index (χ2n) is 5.36. The molecule has 2 heterocycles. The third kappa shape index (κ3) is 4.54. The molecule has 0 unspecified atom stereocenters. The smallest absolute Gasteiger partial charge is 0.270 e. The van der Waals surface area contributed by atoms with Crippen LogP contribution in [0.3, 0.4) is 0 Å². The molecule has 2 N–H and O–H groups in total. The van der Waals surface area contributed by atoms with Crippen molar-refractivity contribution >= 4 is 11.8 Å². The van der Waals surface area contributed by atoms with E-state index in [2.05, 4.69) is 15.6 Å². The van der Waals surface area contributed by atoms with E-state index in [4.69, 9.17) is 4.42 Å². The molecule has 0 aliphatic rings. The SMILES string of the molecule is O=C(NCc1ccco1)c1ccnc(C(=O)NCc2ccccc2)c1. The molecule has 6 nitrogen and oxygen atoms in total. The van der Waals surface area contributed by atoms with Crippen LogP contribution in [-0.4, -0.2) is 16.8 Å². The van der Waals surface area contributed by atoms with Crippen LogP contribution in [0, 0.1) is 0 Å². The average molecular weight is 335 g/mol. The van der Waals surface area contributed by atoms with Crippen molar-refractivity contribution in [1.82, 2.24) is 15.6 Å². The number of nitrogens with zero attached hydrogens (tertiary/aromatic N) is 1. The molecule has 126 valence electrons. The maximum atomic E-state index is 12.2. The van der Waals surface area contributed by atoms with Gasteiger partial charge in [0.15, 0.2) is 0 Å². The fraction of sp³-hybridized carbons (Fsp3) is 0.105. The lowest BCUT2D eigenvalue weighted by Gasteiger charge is -2.07. The maximum Gasteiger partial charge on any atom is 0.270 e. The summed E-state index contributed by atoms with van der Waals surface area (Å²) in [5, 5.41) is 5.52. The number of nitrogens with one attached hydrogen (secondary N) is 2. The Balaban J connectivity index is 1.60. The van der Waals surface area contributed by atoms with Gasteiger partial charge >= 0.3 is 0 Å². The topological polar surface area (TPSA) is 84.2 Å². The second-order valence-corrected chi connectivity index (χ2v) is 5.36. The monoisotopic (exact) mass is 335 g/mol. The Kier molecular flexibility index (Phi) is 5.21. The van der Waals surface area contributed by atoms with E-state index in [0.29, 0.717) is 17.9 Å². The van der Waals surface area contributed by atoms with Gasteiger partial charge in [-0.25, -0.2) is 0 Å². The summed E-state index contributed by atoms with van der Waals surface area (Å²) in [5.41, 5.74) is 1.55. The number of furan rings is 1. The molecule has 0 saturated heterocycles. The Morgan fingerprint density at radius 2 is 1.72 bits per heavy atom. The van der Waals surface area contributed by atoms with Crippen LogP contribution < -0.4 is 10.6 Å². The van der Waals surface area contributed by atoms with Crippen LogP contribution >= 0.6 is 0 Å². The van der Waals surface area contributed by atoms with E-state index in [1.165, 1.54) is 12.3 Å². The summed E-state index contributed by atoms with van der Waals surface area (Å²) in [6.07, 6.45) is 2.99. The van der Waals surface area contributed by atoms with Crippen molar-refractivity contribution in [3.8, 4) is 0 Å². The first-order chi connectivity index (χ1) is 12.2. The van der Waals surface area contributed by atoms with Gasteiger partial charge in [-0.2, -0.15) is 0 Å². The zero-order valence-corrected chi connectivity index (χ0v) is 13.4. The first-order valence-corrected chi connectivity index (χ1v) is 7.81. The molecule has 0 aliphatic heterocycles. The second kappa shape index (κ2) is 7.92. The third-order valence-electron chi connectivity index (χ3n) is 3.55. The summed E-state index contributed by atoms with van der Waals surface area (Å²) >= 11 is 0. The fourth-order valence-electron chi connectivity index (χ4n) is 2.25. The normalized spacial score (nSPS) is 10.2. The van der Waals surface area contributed by atoms with Gasteiger partial charge in [-0.05, 0) is 29.8 Å². The van der Waals surface area contributed by atoms with E-state index >= 15 is 0 Å². The van der Waals surface area contributed by atoms with E-state index in [0.717, 1.165) is 5.56 Å². The van der Waals surface area contributed by atoms with Crippen molar-refractivity contribution in [3.63, 3.8) is 0 Å². The largest absolute Gasteiger partial charge is 0.467 e. The van der Waals surface area contributed by atoms with Crippen molar-refractivity contribution < 1.29 is 14.0 Å². The van der Waals surface area contributed by atoms with Gasteiger partial charge in [0.05, 0.1) is 12.8 Å². The van der Waals surface area contributed by atoms with E-state index in [-0.39, 0.29) is 24.1 Å². The van der Waals surface area contributed by atoms with Crippen molar-refractivity contribution in [2.24, 2.45) is 0 Å². The van der Waals surface area contributed by atoms with Gasteiger partial charge < -0.3 is 15.1 Å². The number of hydrogen-bond donors (Lipinski definition) is 2. The number of carbonyl (C=O) groups excluding carboxylic acids is 2. The van der Waals surface area contributed by atoms with E-state index < -0.39 is 0 Å². The lowest BCUT2D eigenvalue weighted by atomic mass is 10.2. The first kappa shape index (κ1) is 16.4. The molecule has 0 atom stereocenters. The lowest BCUT2D eigenvalue weighted by molar-refractivity contribution is 0.0946. The number of pyridine rings is 1. The predicted octanol–water partition coefficient (Wildman–Crippen LogP) is 2.53. The standard InChI is InChI=1S/C19H17N3O3/c23-18(22-13-16-7-4-10-25-16)15-8-9-20-17(11-15)19(24)21-12-14-5-2-1-3-6-14/h1-11H,12-13H2,(H,21,24)(H,22,23). The van der Waals surface area contributed by atoms with Gasteiger partial charge in [-0.3, -0.25) is 14.6 Å². The molecule has 25 heavy (non-hydrogen) atoms. The quantitative estimate of drug-likeness (QED) is 0.725. The number of carbonyl (C=O) groups is 2. The number of amides is 2. The number of aromatic nitrogens is 1. The van der Waals surface area contributed by atoms with E-state index in [1.54, 1.807) is 24.5 Å². The zero-order valence-electron chi connectivity index (χ0n) is 13.4. The van der Waals surface area contributed by atoms with Gasteiger partial charge in [0.1, 0.15) is 11.5 Å². The summed E-state index contributed by atoms with van der Waals surface area (Å²) in [6, 6.07) is 16.1. The van der Waals surface area contributed by atoms with Crippen LogP contribution in [0.5, 0.6) is 0 Å². The van der Waals surface area contributed by atoms with Crippen molar-refractivity contribution in [1.29, 1.82) is 0 Å². The van der Waals surface area contributed by atoms with Crippen LogP contribution in [0.25, 0.3) is 0 Å². The van der Waals surface area contributed by atoms with Crippen LogP contribution in [0.2, 0.25) is 0 Å². The molecule has 2 aromatic heterocycles. The van der Waals surface area contributed by atoms with Gasteiger partial charge in [-0.15, -0.1) is 0 Å². The Hall–Kier alpha value is -3.41. The highest BCUT2D eigenvalue weighted by Gasteiger charge is 2.12. The Morgan fingerprint density at radius 3 is 2.48 bits per heavy atom. The molecule has 3 rings (SSSR count). The molecule has 6 heteroatoms. The number of benzene rings is 1. The summed E-state index contributed by atoms with van der Waals surface area (Å²) in [6.45, 7) is 0.681. The molecule has 0 bridgehead atoms. The highest BCUT2D eigenvalue weighted by molar-refractivity contribution is 5.98. The molecule has 0 fully saturated rings. The Morgan fingerprint density at radius 1 is 0.920 bits per heavy atom. The summed E-state index contributed by atoms with van der Waals surface area (Å²) < 4.78 is 5.16. The van der Waals surface area contributed by atoms with Crippen molar-refractivity contribution in [3.05, 3.63) is 89.6 Å². The minimum absolute atomic E-state index is 0.196. The molecular formula is C19H17N3O3. The van der Waals surface area contributed by atoms with Gasteiger partial charge in [-0.1, -0.05) is 30.3 Å². The summed E-state index contributed by atoms with van der Waals surface area (Å²) in [7, 11) is 0. The fourth-order valence-corrected chi connectivity index (χ4v) is 2.25. The number of rotatable bonds is 6. The van der Waals surface area contributed by atoms with Crippen LogP contribution in [-0.2, 0) is 13.1 Å². The third-order valence-corrected chi connectivity index (χ3v) is 3.55. The lowest BCUT2D eigenvalue weighted by Crippen LogP contribution is -2.26. The van der Waals surface area contributed by atoms with Crippen LogP contribution in [0.1, 0.15) is 32.2 Å². The van der Waals surface area contributed by atoms with E-state index in [1.807, 2.05) is 30.3 Å². The van der Waals surface area contributed by atoms with E-state index in [9.17, 15) is 9.59 Å². The minimum atomic E-state index is -0.329. The molecule has 0 spiro atoms. The Labute approximate surface area is 144 Å². The molecule has 2 amide bonds. The van der Waals surface area contributed by atoms with Crippen molar-refractivity contribution in [2.45, 2.75) is 13.1 Å². The van der Waals surface area contributed by atoms with Crippen LogP contribution in [0.15, 0.2) is 71.5 Å². The Bertz CT molecular complexity index is 845. The van der Waals surface area contributed by atoms with Crippen molar-refractivity contribution in [2.75, 3.05) is 0 Å². The highest BCUT2D eigenvalue weighted by Crippen LogP contribution is 2.05. The predicted molar refractivity (Wildman–Crippen MR) is 91.7 cm³/mol. The van der Waals surface area contributed by atoms with Gasteiger partial charge in [0.2, 0.25) is 0 Å². The molecule has 3 aromatic rings. The highest BCUT2D eigenvalue weighted by atomic mass is 16.3. The van der Waals surface area contributed by atoms with Crippen LogP contribution in [0.4, 0.5) is 0 Å². The summed E-state index contributed by atoms with van der Waals surface area (Å²) in [4.78, 5) is 28.4. The number of hydrogen-bond acceptors (Lipinski definition) is 4. The zero-order chi connectivity index (χ0) is 17.5. The molecule has 0 aliphatic carbocycles. The first-order valence-electron chi connectivity index (χ1n) is 7.81. The molecule has 0 radical (unpaired) electrons. The average Bonchev–Trinajstić information content (AvgIpc) is 3.18. The molecule has 1 aromatic carbocycles. The minimum Gasteiger partial charge on any atom is -0.467 e. The molecular weight excluding hydrogens is 318 g/mol. The summed E-state index contributed by atoms with van der Waals surface area (Å²) in [5.74, 6) is 0.0312. The maximum absolute atomic E-state index is 12.2. The molecule has 0 saturated carbocycles. The van der Waals surface area contributed by atoms with Gasteiger partial charge in [0.25, 0.3) is 11.8 Å². The van der Waals surface area contributed by atoms with Gasteiger partial charge in [0, 0.05) is 18.3 Å².